The summed E-state index contributed by atoms with van der Waals surface area (Å²) in [7, 11) is 0. The lowest BCUT2D eigenvalue weighted by atomic mass is 10.1. The van der Waals surface area contributed by atoms with Crippen LogP contribution >= 0.6 is 0 Å². The maximum atomic E-state index is 12.6. The van der Waals surface area contributed by atoms with Crippen LogP contribution < -0.4 is 9.64 Å². The Labute approximate surface area is 122 Å². The number of hydrogen-bond acceptors (Lipinski definition) is 4. The Balaban J connectivity index is 1.94. The summed E-state index contributed by atoms with van der Waals surface area (Å²) in [5.74, 6) is 0.546. The van der Waals surface area contributed by atoms with Gasteiger partial charge in [-0.15, -0.1) is 0 Å². The molecule has 0 saturated heterocycles. The predicted molar refractivity (Wildman–Crippen MR) is 78.0 cm³/mol. The molecule has 1 aliphatic heterocycles. The van der Waals surface area contributed by atoms with E-state index in [0.29, 0.717) is 18.7 Å². The third-order valence-electron chi connectivity index (χ3n) is 3.45. The summed E-state index contributed by atoms with van der Waals surface area (Å²) in [6, 6.07) is 11.2. The number of hydrogen-bond donors (Lipinski definition) is 1. The fourth-order valence-electron chi connectivity index (χ4n) is 2.41. The van der Waals surface area contributed by atoms with E-state index in [4.69, 9.17) is 9.84 Å². The van der Waals surface area contributed by atoms with Gasteiger partial charge in [0.2, 0.25) is 0 Å². The van der Waals surface area contributed by atoms with Gasteiger partial charge >= 0.3 is 0 Å². The zero-order chi connectivity index (χ0) is 14.7. The number of rotatable bonds is 4. The Morgan fingerprint density at radius 3 is 2.71 bits per heavy atom. The summed E-state index contributed by atoms with van der Waals surface area (Å²) < 4.78 is 5.69. The van der Waals surface area contributed by atoms with Crippen molar-refractivity contribution in [1.82, 2.24) is 4.98 Å². The Kier molecular flexibility index (Phi) is 3.83. The van der Waals surface area contributed by atoms with Gasteiger partial charge in [-0.2, -0.15) is 0 Å². The third kappa shape index (κ3) is 2.73. The zero-order valence-electron chi connectivity index (χ0n) is 11.5. The van der Waals surface area contributed by atoms with Crippen LogP contribution in [0.25, 0.3) is 0 Å². The third-order valence-corrected chi connectivity index (χ3v) is 3.45. The fraction of sp³-hybridized carbons (Fsp3) is 0.250. The van der Waals surface area contributed by atoms with Gasteiger partial charge in [-0.3, -0.25) is 9.78 Å². The second-order valence-corrected chi connectivity index (χ2v) is 4.87. The van der Waals surface area contributed by atoms with Crippen LogP contribution in [0.5, 0.6) is 5.75 Å². The maximum absolute atomic E-state index is 12.6. The quantitative estimate of drug-likeness (QED) is 0.929. The normalized spacial score (nSPS) is 17.3. The number of carbonyl (C=O) groups is 1. The van der Waals surface area contributed by atoms with E-state index in [0.717, 1.165) is 11.3 Å². The molecule has 0 spiro atoms. The van der Waals surface area contributed by atoms with Crippen LogP contribution in [0.15, 0.2) is 48.8 Å². The van der Waals surface area contributed by atoms with Crippen LogP contribution in [-0.4, -0.2) is 28.7 Å². The van der Waals surface area contributed by atoms with Crippen molar-refractivity contribution in [3.63, 3.8) is 0 Å². The highest BCUT2D eigenvalue weighted by Gasteiger charge is 2.33. The van der Waals surface area contributed by atoms with Crippen LogP contribution in [0.1, 0.15) is 12.0 Å². The number of aliphatic hydroxyl groups excluding tert-OH is 1. The number of fused-ring (bicyclic) bond motifs is 1. The van der Waals surface area contributed by atoms with Crippen LogP contribution in [0.3, 0.4) is 0 Å². The maximum Gasteiger partial charge on any atom is 0.268 e. The van der Waals surface area contributed by atoms with Crippen molar-refractivity contribution in [3.8, 4) is 5.75 Å². The van der Waals surface area contributed by atoms with E-state index in [2.05, 4.69) is 4.98 Å². The van der Waals surface area contributed by atoms with Crippen molar-refractivity contribution < 1.29 is 14.6 Å². The van der Waals surface area contributed by atoms with Crippen molar-refractivity contribution in [1.29, 1.82) is 0 Å². The summed E-state index contributed by atoms with van der Waals surface area (Å²) in [4.78, 5) is 18.2. The Bertz CT molecular complexity index is 630. The predicted octanol–water partition coefficient (Wildman–Crippen LogP) is 1.76. The molecule has 1 aliphatic rings. The topological polar surface area (TPSA) is 62.7 Å². The minimum absolute atomic E-state index is 0.0817. The van der Waals surface area contributed by atoms with E-state index in [1.165, 1.54) is 0 Å². The Morgan fingerprint density at radius 1 is 1.19 bits per heavy atom. The SMILES string of the molecule is O=C1C(CCO)Oc2ccccc2N1Cc1ccncc1. The molecule has 5 heteroatoms. The average molecular weight is 284 g/mol. The first-order valence-corrected chi connectivity index (χ1v) is 6.86. The first-order chi connectivity index (χ1) is 10.3. The van der Waals surface area contributed by atoms with Crippen molar-refractivity contribution in [2.45, 2.75) is 19.1 Å². The number of para-hydroxylation sites is 2. The molecule has 1 aromatic carbocycles. The van der Waals surface area contributed by atoms with Gasteiger partial charge in [-0.1, -0.05) is 12.1 Å². The van der Waals surface area contributed by atoms with Crippen LogP contribution in [0.4, 0.5) is 5.69 Å². The molecule has 1 aromatic heterocycles. The smallest absolute Gasteiger partial charge is 0.268 e. The highest BCUT2D eigenvalue weighted by Crippen LogP contribution is 2.35. The molecule has 1 unspecified atom stereocenters. The van der Waals surface area contributed by atoms with Crippen LogP contribution in [-0.2, 0) is 11.3 Å². The minimum atomic E-state index is -0.633. The van der Waals surface area contributed by atoms with E-state index in [1.54, 1.807) is 17.3 Å². The molecule has 1 atom stereocenters. The van der Waals surface area contributed by atoms with E-state index < -0.39 is 6.10 Å². The van der Waals surface area contributed by atoms with Crippen molar-refractivity contribution >= 4 is 11.6 Å². The van der Waals surface area contributed by atoms with Crippen molar-refractivity contribution in [2.75, 3.05) is 11.5 Å². The molecule has 0 bridgehead atoms. The van der Waals surface area contributed by atoms with Crippen molar-refractivity contribution in [2.24, 2.45) is 0 Å². The lowest BCUT2D eigenvalue weighted by molar-refractivity contribution is -0.127. The van der Waals surface area contributed by atoms with Crippen molar-refractivity contribution in [3.05, 3.63) is 54.4 Å². The number of aromatic nitrogens is 1. The molecule has 5 nitrogen and oxygen atoms in total. The molecule has 3 rings (SSSR count). The molecular formula is C16H16N2O3. The summed E-state index contributed by atoms with van der Waals surface area (Å²) in [6.45, 7) is 0.380. The van der Waals surface area contributed by atoms with Gasteiger partial charge < -0.3 is 14.7 Å². The minimum Gasteiger partial charge on any atom is -0.478 e. The van der Waals surface area contributed by atoms with Crippen LogP contribution in [0.2, 0.25) is 0 Å². The van der Waals surface area contributed by atoms with Gasteiger partial charge in [0.1, 0.15) is 5.75 Å². The summed E-state index contributed by atoms with van der Waals surface area (Å²) >= 11 is 0. The van der Waals surface area contributed by atoms with Gasteiger partial charge in [0.25, 0.3) is 5.91 Å². The Hall–Kier alpha value is -2.40. The lowest BCUT2D eigenvalue weighted by Crippen LogP contribution is -2.45. The molecule has 108 valence electrons. The van der Waals surface area contributed by atoms with Gasteiger partial charge in [-0.25, -0.2) is 0 Å². The van der Waals surface area contributed by atoms with Gasteiger partial charge in [0, 0.05) is 25.4 Å². The number of amides is 1. The highest BCUT2D eigenvalue weighted by molar-refractivity contribution is 5.99. The van der Waals surface area contributed by atoms with E-state index in [1.807, 2.05) is 36.4 Å². The number of nitrogens with zero attached hydrogens (tertiary/aromatic N) is 2. The zero-order valence-corrected chi connectivity index (χ0v) is 11.5. The first kappa shape index (κ1) is 13.6. The Morgan fingerprint density at radius 2 is 1.95 bits per heavy atom. The van der Waals surface area contributed by atoms with Crippen LogP contribution in [0, 0.1) is 0 Å². The fourth-order valence-corrected chi connectivity index (χ4v) is 2.41. The second kappa shape index (κ2) is 5.93. The first-order valence-electron chi connectivity index (χ1n) is 6.86. The molecule has 2 heterocycles. The molecule has 0 aliphatic carbocycles. The summed E-state index contributed by atoms with van der Waals surface area (Å²) in [5, 5.41) is 9.10. The standard InChI is InChI=1S/C16H16N2O3/c19-10-7-15-16(20)18(11-12-5-8-17-9-6-12)13-3-1-2-4-14(13)21-15/h1-6,8-9,15,19H,7,10-11H2. The molecule has 1 N–H and O–H groups in total. The van der Waals surface area contributed by atoms with Gasteiger partial charge in [0.15, 0.2) is 6.10 Å². The molecule has 0 fully saturated rings. The monoisotopic (exact) mass is 284 g/mol. The molecule has 0 saturated carbocycles. The number of ether oxygens (including phenoxy) is 1. The van der Waals surface area contributed by atoms with E-state index in [9.17, 15) is 4.79 Å². The molecular weight excluding hydrogens is 268 g/mol. The van der Waals surface area contributed by atoms with E-state index >= 15 is 0 Å². The molecule has 21 heavy (non-hydrogen) atoms. The largest absolute Gasteiger partial charge is 0.478 e. The number of benzene rings is 1. The molecule has 0 radical (unpaired) electrons. The average Bonchev–Trinajstić information content (AvgIpc) is 2.52. The number of pyridine rings is 1. The van der Waals surface area contributed by atoms with Gasteiger partial charge in [-0.05, 0) is 29.8 Å². The number of anilines is 1. The highest BCUT2D eigenvalue weighted by atomic mass is 16.5. The number of carbonyl (C=O) groups excluding carboxylic acids is 1. The molecule has 2 aromatic rings. The number of aliphatic hydroxyl groups is 1. The van der Waals surface area contributed by atoms with Gasteiger partial charge in [0.05, 0.1) is 12.2 Å². The lowest BCUT2D eigenvalue weighted by Gasteiger charge is -2.34. The second-order valence-electron chi connectivity index (χ2n) is 4.87. The summed E-state index contributed by atoms with van der Waals surface area (Å²) in [5.41, 5.74) is 1.76. The van der Waals surface area contributed by atoms with E-state index in [-0.39, 0.29) is 12.5 Å². The summed E-state index contributed by atoms with van der Waals surface area (Å²) in [6.07, 6.45) is 3.07. The molecule has 1 amide bonds.